The zero-order chi connectivity index (χ0) is 20.6. The quantitative estimate of drug-likeness (QED) is 0.474. The van der Waals surface area contributed by atoms with Gasteiger partial charge in [-0.15, -0.1) is 5.10 Å². The molecule has 146 valence electrons. The smallest absolute Gasteiger partial charge is 0.319 e. The van der Waals surface area contributed by atoms with Gasteiger partial charge in [0.1, 0.15) is 0 Å². The van der Waals surface area contributed by atoms with Crippen LogP contribution in [0.3, 0.4) is 0 Å². The zero-order valence-corrected chi connectivity index (χ0v) is 16.1. The van der Waals surface area contributed by atoms with E-state index in [9.17, 15) is 18.0 Å². The number of nitrogens with zero attached hydrogens (tertiary/aromatic N) is 4. The van der Waals surface area contributed by atoms with Gasteiger partial charge in [-0.1, -0.05) is 46.3 Å². The normalized spacial score (nSPS) is 11.6. The van der Waals surface area contributed by atoms with Crippen molar-refractivity contribution in [3.8, 4) is 11.3 Å². The summed E-state index contributed by atoms with van der Waals surface area (Å²) in [6.45, 7) is 0. The Morgan fingerprint density at radius 2 is 1.69 bits per heavy atom. The summed E-state index contributed by atoms with van der Waals surface area (Å²) in [6, 6.07) is 16.0. The van der Waals surface area contributed by atoms with Gasteiger partial charge in [0.15, 0.2) is 5.69 Å². The second kappa shape index (κ2) is 7.28. The molecule has 0 saturated carbocycles. The van der Waals surface area contributed by atoms with E-state index in [4.69, 9.17) is 0 Å². The summed E-state index contributed by atoms with van der Waals surface area (Å²) in [6.07, 6.45) is -4.71. The fourth-order valence-corrected chi connectivity index (χ4v) is 2.91. The number of aromatic nitrogens is 4. The van der Waals surface area contributed by atoms with Crippen LogP contribution in [0.1, 0.15) is 16.3 Å². The molecule has 0 saturated heterocycles. The lowest BCUT2D eigenvalue weighted by Gasteiger charge is -2.10. The Balaban J connectivity index is 1.77. The zero-order valence-electron chi connectivity index (χ0n) is 14.5. The number of benzene rings is 2. The molecule has 0 spiro atoms. The first-order valence-corrected chi connectivity index (χ1v) is 9.08. The standard InChI is InChI=1S/C19H11BrF3N5O/c20-12-6-8-13(9-7-12)24-17(29)16-26-18-25-14(11-4-2-1-3-5-11)10-15(19(21,22)23)28(18)27-16/h1-10H,(H,24,29). The van der Waals surface area contributed by atoms with E-state index >= 15 is 0 Å². The molecule has 4 aromatic rings. The van der Waals surface area contributed by atoms with E-state index in [2.05, 4.69) is 36.3 Å². The second-order valence-corrected chi connectivity index (χ2v) is 6.91. The molecule has 6 nitrogen and oxygen atoms in total. The average molecular weight is 462 g/mol. The minimum atomic E-state index is -4.71. The summed E-state index contributed by atoms with van der Waals surface area (Å²) in [5.74, 6) is -1.48. The maximum Gasteiger partial charge on any atom is 0.433 e. The fraction of sp³-hybridized carbons (Fsp3) is 0.0526. The predicted octanol–water partition coefficient (Wildman–Crippen LogP) is 4.82. The summed E-state index contributed by atoms with van der Waals surface area (Å²) >= 11 is 3.28. The van der Waals surface area contributed by atoms with Gasteiger partial charge in [-0.05, 0) is 30.3 Å². The first kappa shape index (κ1) is 19.1. The predicted molar refractivity (Wildman–Crippen MR) is 103 cm³/mol. The van der Waals surface area contributed by atoms with Crippen molar-refractivity contribution in [2.45, 2.75) is 6.18 Å². The number of carbonyl (C=O) groups is 1. The molecule has 0 fully saturated rings. The average Bonchev–Trinajstić information content (AvgIpc) is 3.13. The molecule has 1 N–H and O–H groups in total. The van der Waals surface area contributed by atoms with Crippen molar-refractivity contribution in [3.63, 3.8) is 0 Å². The Labute approximate surface area is 170 Å². The number of hydrogen-bond donors (Lipinski definition) is 1. The Hall–Kier alpha value is -3.27. The number of anilines is 1. The van der Waals surface area contributed by atoms with Crippen molar-refractivity contribution in [1.29, 1.82) is 0 Å². The Bertz CT molecular complexity index is 1190. The van der Waals surface area contributed by atoms with Gasteiger partial charge >= 0.3 is 6.18 Å². The van der Waals surface area contributed by atoms with Crippen LogP contribution < -0.4 is 5.32 Å². The Kier molecular flexibility index (Phi) is 4.79. The number of halogens is 4. The molecule has 0 bridgehead atoms. The van der Waals surface area contributed by atoms with Crippen LogP contribution in [-0.2, 0) is 6.18 Å². The van der Waals surface area contributed by atoms with E-state index in [0.29, 0.717) is 15.8 Å². The van der Waals surface area contributed by atoms with Crippen molar-refractivity contribution in [1.82, 2.24) is 19.6 Å². The lowest BCUT2D eigenvalue weighted by Crippen LogP contribution is -2.16. The Morgan fingerprint density at radius 1 is 1.00 bits per heavy atom. The molecule has 0 aliphatic rings. The lowest BCUT2D eigenvalue weighted by molar-refractivity contribution is -0.142. The maximum absolute atomic E-state index is 13.6. The van der Waals surface area contributed by atoms with Crippen molar-refractivity contribution in [2.24, 2.45) is 0 Å². The van der Waals surface area contributed by atoms with E-state index in [1.165, 1.54) is 0 Å². The highest BCUT2D eigenvalue weighted by atomic mass is 79.9. The highest BCUT2D eigenvalue weighted by Crippen LogP contribution is 2.31. The van der Waals surface area contributed by atoms with Crippen molar-refractivity contribution in [3.05, 3.63) is 76.7 Å². The van der Waals surface area contributed by atoms with Crippen LogP contribution in [0.5, 0.6) is 0 Å². The van der Waals surface area contributed by atoms with E-state index in [1.54, 1.807) is 54.6 Å². The SMILES string of the molecule is O=C(Nc1ccc(Br)cc1)c1nc2nc(-c3ccccc3)cc(C(F)(F)F)n2n1. The highest BCUT2D eigenvalue weighted by molar-refractivity contribution is 9.10. The van der Waals surface area contributed by atoms with Gasteiger partial charge in [0, 0.05) is 15.7 Å². The molecule has 0 atom stereocenters. The third kappa shape index (κ3) is 3.97. The third-order valence-corrected chi connectivity index (χ3v) is 4.51. The molecule has 2 aromatic heterocycles. The molecule has 0 aliphatic carbocycles. The minimum absolute atomic E-state index is 0.0812. The molecule has 0 unspecified atom stereocenters. The summed E-state index contributed by atoms with van der Waals surface area (Å²) < 4.78 is 42.1. The van der Waals surface area contributed by atoms with Gasteiger partial charge in [-0.2, -0.15) is 22.7 Å². The number of amides is 1. The number of fused-ring (bicyclic) bond motifs is 1. The first-order chi connectivity index (χ1) is 13.8. The molecular formula is C19H11BrF3N5O. The molecule has 0 radical (unpaired) electrons. The minimum Gasteiger partial charge on any atom is -0.319 e. The van der Waals surface area contributed by atoms with Crippen LogP contribution in [0.4, 0.5) is 18.9 Å². The van der Waals surface area contributed by atoms with Crippen LogP contribution >= 0.6 is 15.9 Å². The highest BCUT2D eigenvalue weighted by Gasteiger charge is 2.36. The van der Waals surface area contributed by atoms with Gasteiger partial charge in [-0.25, -0.2) is 4.98 Å². The monoisotopic (exact) mass is 461 g/mol. The molecule has 10 heteroatoms. The van der Waals surface area contributed by atoms with Crippen LogP contribution in [0.25, 0.3) is 17.0 Å². The molecular weight excluding hydrogens is 451 g/mol. The Morgan fingerprint density at radius 3 is 2.34 bits per heavy atom. The van der Waals surface area contributed by atoms with Gasteiger partial charge in [-0.3, -0.25) is 4.79 Å². The van der Waals surface area contributed by atoms with Crippen LogP contribution in [0.2, 0.25) is 0 Å². The van der Waals surface area contributed by atoms with Crippen LogP contribution in [-0.4, -0.2) is 25.5 Å². The number of rotatable bonds is 3. The maximum atomic E-state index is 13.6. The first-order valence-electron chi connectivity index (χ1n) is 8.28. The molecule has 4 rings (SSSR count). The summed E-state index contributed by atoms with van der Waals surface area (Å²) in [5, 5.41) is 6.27. The van der Waals surface area contributed by atoms with Gasteiger partial charge < -0.3 is 5.32 Å². The molecule has 2 aromatic carbocycles. The summed E-state index contributed by atoms with van der Waals surface area (Å²) in [7, 11) is 0. The number of nitrogens with one attached hydrogen (secondary N) is 1. The fourth-order valence-electron chi connectivity index (χ4n) is 2.64. The van der Waals surface area contributed by atoms with Crippen molar-refractivity contribution in [2.75, 3.05) is 5.32 Å². The van der Waals surface area contributed by atoms with Gasteiger partial charge in [0.05, 0.1) is 5.69 Å². The van der Waals surface area contributed by atoms with E-state index in [-0.39, 0.29) is 11.5 Å². The topological polar surface area (TPSA) is 72.2 Å². The number of alkyl halides is 3. The summed E-state index contributed by atoms with van der Waals surface area (Å²) in [4.78, 5) is 20.5. The van der Waals surface area contributed by atoms with Gasteiger partial charge in [0.25, 0.3) is 11.7 Å². The lowest BCUT2D eigenvalue weighted by atomic mass is 10.1. The van der Waals surface area contributed by atoms with E-state index in [1.807, 2.05) is 0 Å². The molecule has 1 amide bonds. The molecule has 2 heterocycles. The van der Waals surface area contributed by atoms with Gasteiger partial charge in [0.2, 0.25) is 5.82 Å². The van der Waals surface area contributed by atoms with Crippen molar-refractivity contribution >= 4 is 33.3 Å². The van der Waals surface area contributed by atoms with Crippen LogP contribution in [0, 0.1) is 0 Å². The largest absolute Gasteiger partial charge is 0.433 e. The van der Waals surface area contributed by atoms with Crippen LogP contribution in [0.15, 0.2) is 65.1 Å². The third-order valence-electron chi connectivity index (χ3n) is 3.98. The molecule has 29 heavy (non-hydrogen) atoms. The summed E-state index contributed by atoms with van der Waals surface area (Å²) in [5.41, 5.74) is -0.0513. The molecule has 0 aliphatic heterocycles. The van der Waals surface area contributed by atoms with E-state index in [0.717, 1.165) is 10.5 Å². The van der Waals surface area contributed by atoms with E-state index < -0.39 is 23.6 Å². The number of hydrogen-bond acceptors (Lipinski definition) is 4. The number of carbonyl (C=O) groups excluding carboxylic acids is 1. The second-order valence-electron chi connectivity index (χ2n) is 6.00. The van der Waals surface area contributed by atoms with Crippen molar-refractivity contribution < 1.29 is 18.0 Å².